The Bertz CT molecular complexity index is 712. The molecule has 2 rings (SSSR count). The van der Waals surface area contributed by atoms with Gasteiger partial charge in [-0.15, -0.1) is 11.3 Å². The number of benzene rings is 1. The Hall–Kier alpha value is -2.21. The Morgan fingerprint density at radius 3 is 2.65 bits per heavy atom. The van der Waals surface area contributed by atoms with Gasteiger partial charge in [0.15, 0.2) is 0 Å². The maximum Gasteiger partial charge on any atom is 0.341 e. The first-order chi connectivity index (χ1) is 11.0. The van der Waals surface area contributed by atoms with E-state index < -0.39 is 11.8 Å². The van der Waals surface area contributed by atoms with Crippen molar-refractivity contribution in [2.24, 2.45) is 0 Å². The summed E-state index contributed by atoms with van der Waals surface area (Å²) in [7, 11) is 0. The molecule has 0 aliphatic carbocycles. The van der Waals surface area contributed by atoms with Crippen LogP contribution in [0.3, 0.4) is 0 Å². The van der Waals surface area contributed by atoms with E-state index in [2.05, 4.69) is 5.32 Å². The molecule has 0 saturated carbocycles. The second-order valence-electron chi connectivity index (χ2n) is 4.85. The minimum absolute atomic E-state index is 0.0890. The van der Waals surface area contributed by atoms with Gasteiger partial charge in [0.2, 0.25) is 5.91 Å². The Labute approximate surface area is 138 Å². The predicted octanol–water partition coefficient (Wildman–Crippen LogP) is 3.81. The highest BCUT2D eigenvalue weighted by Crippen LogP contribution is 2.29. The topological polar surface area (TPSA) is 55.4 Å². The number of rotatable bonds is 6. The molecule has 2 aromatic rings. The van der Waals surface area contributed by atoms with Gasteiger partial charge in [-0.05, 0) is 31.0 Å². The van der Waals surface area contributed by atoms with E-state index in [1.807, 2.05) is 6.92 Å². The molecule has 0 radical (unpaired) electrons. The summed E-state index contributed by atoms with van der Waals surface area (Å²) in [5, 5.41) is 3.14. The molecule has 1 aromatic carbocycles. The quantitative estimate of drug-likeness (QED) is 0.817. The fraction of sp³-hybridized carbons (Fsp3) is 0.294. The highest BCUT2D eigenvalue weighted by molar-refractivity contribution is 7.16. The van der Waals surface area contributed by atoms with Crippen molar-refractivity contribution in [3.8, 4) is 0 Å². The highest BCUT2D eigenvalue weighted by Gasteiger charge is 2.19. The van der Waals surface area contributed by atoms with Crippen molar-refractivity contribution >= 4 is 28.2 Å². The van der Waals surface area contributed by atoms with Crippen LogP contribution >= 0.6 is 11.3 Å². The van der Waals surface area contributed by atoms with E-state index in [1.54, 1.807) is 31.2 Å². The Morgan fingerprint density at radius 1 is 1.26 bits per heavy atom. The summed E-state index contributed by atoms with van der Waals surface area (Å²) in [6.45, 7) is 3.95. The number of carbonyl (C=O) groups is 2. The molecule has 0 saturated heterocycles. The average molecular weight is 335 g/mol. The van der Waals surface area contributed by atoms with Crippen molar-refractivity contribution in [3.63, 3.8) is 0 Å². The Morgan fingerprint density at radius 2 is 2.00 bits per heavy atom. The molecule has 1 amide bonds. The maximum absolute atomic E-state index is 13.6. The first-order valence-corrected chi connectivity index (χ1v) is 8.19. The number of amides is 1. The largest absolute Gasteiger partial charge is 0.462 e. The van der Waals surface area contributed by atoms with Gasteiger partial charge in [-0.2, -0.15) is 0 Å². The number of anilines is 1. The fourth-order valence-corrected chi connectivity index (χ4v) is 3.06. The summed E-state index contributed by atoms with van der Waals surface area (Å²) in [5.41, 5.74) is 0.658. The molecular formula is C17H18FNO3S. The average Bonchev–Trinajstić information content (AvgIpc) is 2.93. The SMILES string of the molecule is CCOC(=O)c1cc(CC)sc1NC(=O)Cc1ccccc1F. The van der Waals surface area contributed by atoms with Crippen molar-refractivity contribution < 1.29 is 18.7 Å². The minimum atomic E-state index is -0.468. The zero-order chi connectivity index (χ0) is 16.8. The molecule has 6 heteroatoms. The van der Waals surface area contributed by atoms with Crippen LogP contribution in [0, 0.1) is 5.82 Å². The molecular weight excluding hydrogens is 317 g/mol. The van der Waals surface area contributed by atoms with Gasteiger partial charge in [-0.3, -0.25) is 4.79 Å². The van der Waals surface area contributed by atoms with Crippen molar-refractivity contribution in [1.29, 1.82) is 0 Å². The molecule has 0 aliphatic rings. The Kier molecular flexibility index (Phi) is 5.87. The number of hydrogen-bond acceptors (Lipinski definition) is 4. The van der Waals surface area contributed by atoms with Gasteiger partial charge in [0, 0.05) is 4.88 Å². The van der Waals surface area contributed by atoms with Gasteiger partial charge in [-0.25, -0.2) is 9.18 Å². The third-order valence-electron chi connectivity index (χ3n) is 3.19. The van der Waals surface area contributed by atoms with Crippen LogP contribution < -0.4 is 5.32 Å². The molecule has 0 bridgehead atoms. The van der Waals surface area contributed by atoms with Crippen molar-refractivity contribution in [3.05, 3.63) is 52.2 Å². The molecule has 0 fully saturated rings. The van der Waals surface area contributed by atoms with Gasteiger partial charge in [0.1, 0.15) is 10.8 Å². The lowest BCUT2D eigenvalue weighted by molar-refractivity contribution is -0.115. The molecule has 0 aliphatic heterocycles. The van der Waals surface area contributed by atoms with Crippen LogP contribution in [0.25, 0.3) is 0 Å². The molecule has 122 valence electrons. The monoisotopic (exact) mass is 335 g/mol. The van der Waals surface area contributed by atoms with Crippen LogP contribution in [-0.2, 0) is 22.4 Å². The summed E-state index contributed by atoms with van der Waals surface area (Å²) in [5.74, 6) is -1.26. The van der Waals surface area contributed by atoms with Crippen molar-refractivity contribution in [2.45, 2.75) is 26.7 Å². The second kappa shape index (κ2) is 7.87. The summed E-state index contributed by atoms with van der Waals surface area (Å²) < 4.78 is 18.6. The normalized spacial score (nSPS) is 10.4. The number of esters is 1. The van der Waals surface area contributed by atoms with E-state index in [4.69, 9.17) is 4.74 Å². The molecule has 0 atom stereocenters. The van der Waals surface area contributed by atoms with Crippen molar-refractivity contribution in [2.75, 3.05) is 11.9 Å². The number of ether oxygens (including phenoxy) is 1. The summed E-state index contributed by atoms with van der Waals surface area (Å²) in [4.78, 5) is 25.1. The van der Waals surface area contributed by atoms with Gasteiger partial charge in [0.25, 0.3) is 0 Å². The predicted molar refractivity (Wildman–Crippen MR) is 88.4 cm³/mol. The zero-order valence-electron chi connectivity index (χ0n) is 13.0. The molecule has 1 aromatic heterocycles. The third-order valence-corrected chi connectivity index (χ3v) is 4.38. The lowest BCUT2D eigenvalue weighted by Crippen LogP contribution is -2.16. The standard InChI is InChI=1S/C17H18FNO3S/c1-3-12-10-13(17(21)22-4-2)16(23-12)19-15(20)9-11-7-5-6-8-14(11)18/h5-8,10H,3-4,9H2,1-2H3,(H,19,20). The zero-order valence-corrected chi connectivity index (χ0v) is 13.8. The number of hydrogen-bond donors (Lipinski definition) is 1. The van der Waals surface area contributed by atoms with Gasteiger partial charge in [-0.1, -0.05) is 25.1 Å². The third kappa shape index (κ3) is 4.39. The van der Waals surface area contributed by atoms with E-state index in [9.17, 15) is 14.0 Å². The van der Waals surface area contributed by atoms with Crippen LogP contribution in [0.1, 0.15) is 34.6 Å². The summed E-state index contributed by atoms with van der Waals surface area (Å²) >= 11 is 1.33. The van der Waals surface area contributed by atoms with E-state index in [0.29, 0.717) is 16.1 Å². The lowest BCUT2D eigenvalue weighted by Gasteiger charge is -2.06. The first-order valence-electron chi connectivity index (χ1n) is 7.38. The molecule has 23 heavy (non-hydrogen) atoms. The minimum Gasteiger partial charge on any atom is -0.462 e. The number of thiophene rings is 1. The van der Waals surface area contributed by atoms with Gasteiger partial charge in [0.05, 0.1) is 18.6 Å². The molecule has 0 spiro atoms. The van der Waals surface area contributed by atoms with Crippen LogP contribution in [0.15, 0.2) is 30.3 Å². The molecule has 0 unspecified atom stereocenters. The van der Waals surface area contributed by atoms with Crippen LogP contribution in [0.5, 0.6) is 0 Å². The Balaban J connectivity index is 2.15. The number of halogens is 1. The van der Waals surface area contributed by atoms with Gasteiger partial charge >= 0.3 is 5.97 Å². The summed E-state index contributed by atoms with van der Waals surface area (Å²) in [6.07, 6.45) is 0.661. The van der Waals surface area contributed by atoms with E-state index in [1.165, 1.54) is 17.4 Å². The smallest absolute Gasteiger partial charge is 0.341 e. The highest BCUT2D eigenvalue weighted by atomic mass is 32.1. The summed E-state index contributed by atoms with van der Waals surface area (Å²) in [6, 6.07) is 7.85. The van der Waals surface area contributed by atoms with E-state index in [-0.39, 0.29) is 18.9 Å². The first kappa shape index (κ1) is 17.1. The van der Waals surface area contributed by atoms with E-state index >= 15 is 0 Å². The van der Waals surface area contributed by atoms with Crippen LogP contribution in [0.4, 0.5) is 9.39 Å². The van der Waals surface area contributed by atoms with E-state index in [0.717, 1.165) is 11.3 Å². The number of nitrogens with one attached hydrogen (secondary N) is 1. The fourth-order valence-electron chi connectivity index (χ4n) is 2.06. The number of aryl methyl sites for hydroxylation is 1. The molecule has 1 heterocycles. The van der Waals surface area contributed by atoms with Crippen molar-refractivity contribution in [1.82, 2.24) is 0 Å². The maximum atomic E-state index is 13.6. The lowest BCUT2D eigenvalue weighted by atomic mass is 10.1. The van der Waals surface area contributed by atoms with Crippen LogP contribution in [0.2, 0.25) is 0 Å². The van der Waals surface area contributed by atoms with Gasteiger partial charge < -0.3 is 10.1 Å². The molecule has 4 nitrogen and oxygen atoms in total. The second-order valence-corrected chi connectivity index (χ2v) is 5.98. The number of carbonyl (C=O) groups excluding carboxylic acids is 2. The van der Waals surface area contributed by atoms with Crippen LogP contribution in [-0.4, -0.2) is 18.5 Å². The molecule has 1 N–H and O–H groups in total.